The lowest BCUT2D eigenvalue weighted by atomic mass is 9.98. The van der Waals surface area contributed by atoms with Crippen molar-refractivity contribution >= 4 is 12.1 Å². The Hall–Kier alpha value is -2.62. The number of carbonyl (C=O) groups is 1. The molecule has 0 fully saturated rings. The van der Waals surface area contributed by atoms with Crippen molar-refractivity contribution in [1.29, 1.82) is 0 Å². The van der Waals surface area contributed by atoms with Gasteiger partial charge in [-0.05, 0) is 22.3 Å². The van der Waals surface area contributed by atoms with Crippen LogP contribution in [0.1, 0.15) is 17.0 Å². The number of esters is 1. The molecule has 1 aliphatic heterocycles. The molecule has 0 saturated heterocycles. The van der Waals surface area contributed by atoms with Gasteiger partial charge in [-0.1, -0.05) is 48.5 Å². The molecule has 0 bridgehead atoms. The molecular formula is C17H13NO3. The summed E-state index contributed by atoms with van der Waals surface area (Å²) in [5.41, 5.74) is 4.96. The smallest absolute Gasteiger partial charge is 0.392 e. The number of fused-ring (bicyclic) bond motifs is 3. The predicted molar refractivity (Wildman–Crippen MR) is 78.1 cm³/mol. The number of hydrogen-bond donors (Lipinski definition) is 0. The minimum atomic E-state index is -0.364. The maximum absolute atomic E-state index is 11.0. The zero-order chi connectivity index (χ0) is 14.2. The molecule has 0 spiro atoms. The van der Waals surface area contributed by atoms with Crippen molar-refractivity contribution in [2.24, 2.45) is 4.99 Å². The summed E-state index contributed by atoms with van der Waals surface area (Å²) >= 11 is 0. The van der Waals surface area contributed by atoms with Crippen LogP contribution in [0, 0.1) is 0 Å². The summed E-state index contributed by atoms with van der Waals surface area (Å²) in [5, 5.41) is 0. The SMILES string of the molecule is O=C1CN=C(OCC2c3ccccc3-c3ccccc32)O1. The normalized spacial score (nSPS) is 16.2. The van der Waals surface area contributed by atoms with Crippen LogP contribution in [0.4, 0.5) is 0 Å². The van der Waals surface area contributed by atoms with Crippen molar-refractivity contribution in [3.63, 3.8) is 0 Å². The van der Waals surface area contributed by atoms with Gasteiger partial charge in [0.05, 0.1) is 0 Å². The maximum Gasteiger partial charge on any atom is 0.392 e. The summed E-state index contributed by atoms with van der Waals surface area (Å²) in [6.45, 7) is 0.466. The zero-order valence-electron chi connectivity index (χ0n) is 11.3. The molecule has 4 heteroatoms. The van der Waals surface area contributed by atoms with E-state index in [1.165, 1.54) is 22.3 Å². The van der Waals surface area contributed by atoms with Crippen LogP contribution in [0.25, 0.3) is 11.1 Å². The fourth-order valence-corrected chi connectivity index (χ4v) is 2.96. The fraction of sp³-hybridized carbons (Fsp3) is 0.176. The molecule has 0 saturated carbocycles. The van der Waals surface area contributed by atoms with Crippen LogP contribution >= 0.6 is 0 Å². The van der Waals surface area contributed by atoms with Gasteiger partial charge < -0.3 is 9.47 Å². The number of ether oxygens (including phenoxy) is 2. The van der Waals surface area contributed by atoms with Crippen molar-refractivity contribution in [2.75, 3.05) is 13.2 Å². The first-order chi connectivity index (χ1) is 10.3. The first-order valence-electron chi connectivity index (χ1n) is 6.89. The summed E-state index contributed by atoms with van der Waals surface area (Å²) in [6, 6.07) is 16.6. The molecule has 0 N–H and O–H groups in total. The van der Waals surface area contributed by atoms with Crippen LogP contribution in [-0.2, 0) is 14.3 Å². The van der Waals surface area contributed by atoms with E-state index in [-0.39, 0.29) is 24.5 Å². The highest BCUT2D eigenvalue weighted by molar-refractivity contribution is 5.91. The third-order valence-corrected chi connectivity index (χ3v) is 3.87. The van der Waals surface area contributed by atoms with Crippen LogP contribution in [0.2, 0.25) is 0 Å². The molecule has 4 rings (SSSR count). The van der Waals surface area contributed by atoms with Gasteiger partial charge in [-0.15, -0.1) is 0 Å². The summed E-state index contributed by atoms with van der Waals surface area (Å²) in [7, 11) is 0. The molecule has 0 aromatic heterocycles. The molecule has 0 amide bonds. The topological polar surface area (TPSA) is 47.9 Å². The molecule has 4 nitrogen and oxygen atoms in total. The Balaban J connectivity index is 1.64. The Morgan fingerprint density at radius 1 is 1.05 bits per heavy atom. The second-order valence-electron chi connectivity index (χ2n) is 5.09. The number of rotatable bonds is 2. The van der Waals surface area contributed by atoms with Crippen molar-refractivity contribution in [1.82, 2.24) is 0 Å². The maximum atomic E-state index is 11.0. The van der Waals surface area contributed by atoms with Crippen LogP contribution < -0.4 is 0 Å². The van der Waals surface area contributed by atoms with E-state index in [1.807, 2.05) is 24.3 Å². The minimum Gasteiger partial charge on any atom is -0.449 e. The predicted octanol–water partition coefficient (Wildman–Crippen LogP) is 2.73. The quantitative estimate of drug-likeness (QED) is 0.794. The second-order valence-corrected chi connectivity index (χ2v) is 5.09. The number of nitrogens with zero attached hydrogens (tertiary/aromatic N) is 1. The van der Waals surface area contributed by atoms with Gasteiger partial charge in [0.1, 0.15) is 13.2 Å². The molecule has 0 radical (unpaired) electrons. The average molecular weight is 279 g/mol. The van der Waals surface area contributed by atoms with Gasteiger partial charge in [0, 0.05) is 5.92 Å². The van der Waals surface area contributed by atoms with E-state index < -0.39 is 0 Å². The summed E-state index contributed by atoms with van der Waals surface area (Å²) in [6.07, 6.45) is 0.0851. The second kappa shape index (κ2) is 4.74. The molecule has 21 heavy (non-hydrogen) atoms. The molecule has 0 unspecified atom stereocenters. The number of aliphatic imine (C=N–C) groups is 1. The van der Waals surface area contributed by atoms with E-state index >= 15 is 0 Å². The lowest BCUT2D eigenvalue weighted by Crippen LogP contribution is -2.14. The third-order valence-electron chi connectivity index (χ3n) is 3.87. The van der Waals surface area contributed by atoms with Gasteiger partial charge in [-0.2, -0.15) is 0 Å². The monoisotopic (exact) mass is 279 g/mol. The Bertz CT molecular complexity index is 706. The number of hydrogen-bond acceptors (Lipinski definition) is 4. The van der Waals surface area contributed by atoms with Crippen LogP contribution in [0.5, 0.6) is 0 Å². The molecule has 2 aromatic rings. The largest absolute Gasteiger partial charge is 0.449 e. The molecule has 0 atom stereocenters. The van der Waals surface area contributed by atoms with Gasteiger partial charge in [-0.25, -0.2) is 9.79 Å². The van der Waals surface area contributed by atoms with E-state index in [0.29, 0.717) is 6.61 Å². The molecule has 1 heterocycles. The molecule has 1 aliphatic carbocycles. The minimum absolute atomic E-state index is 0.0488. The summed E-state index contributed by atoms with van der Waals surface area (Å²) in [5.74, 6) is -0.225. The average Bonchev–Trinajstić information content (AvgIpc) is 3.07. The van der Waals surface area contributed by atoms with E-state index in [4.69, 9.17) is 9.47 Å². The summed E-state index contributed by atoms with van der Waals surface area (Å²) in [4.78, 5) is 14.9. The number of benzene rings is 2. The van der Waals surface area contributed by atoms with Crippen molar-refractivity contribution < 1.29 is 14.3 Å². The number of cyclic esters (lactones) is 1. The van der Waals surface area contributed by atoms with Crippen molar-refractivity contribution in [3.8, 4) is 11.1 Å². The highest BCUT2D eigenvalue weighted by Gasteiger charge is 2.29. The molecule has 2 aliphatic rings. The van der Waals surface area contributed by atoms with Crippen LogP contribution in [-0.4, -0.2) is 25.2 Å². The first kappa shape index (κ1) is 12.1. The van der Waals surface area contributed by atoms with E-state index in [2.05, 4.69) is 29.3 Å². The molecule has 104 valence electrons. The van der Waals surface area contributed by atoms with Gasteiger partial charge in [0.15, 0.2) is 0 Å². The lowest BCUT2D eigenvalue weighted by Gasteiger charge is -2.13. The van der Waals surface area contributed by atoms with Gasteiger partial charge in [0.2, 0.25) is 0 Å². The van der Waals surface area contributed by atoms with Gasteiger partial charge in [0.25, 0.3) is 0 Å². The fourth-order valence-electron chi connectivity index (χ4n) is 2.96. The highest BCUT2D eigenvalue weighted by Crippen LogP contribution is 2.44. The number of carbonyl (C=O) groups excluding carboxylic acids is 1. The third kappa shape index (κ3) is 2.00. The van der Waals surface area contributed by atoms with Crippen LogP contribution in [0.3, 0.4) is 0 Å². The van der Waals surface area contributed by atoms with Gasteiger partial charge in [-0.3, -0.25) is 0 Å². The molecular weight excluding hydrogens is 266 g/mol. The highest BCUT2D eigenvalue weighted by atomic mass is 16.7. The van der Waals surface area contributed by atoms with Crippen molar-refractivity contribution in [2.45, 2.75) is 5.92 Å². The van der Waals surface area contributed by atoms with E-state index in [9.17, 15) is 4.79 Å². The standard InChI is InChI=1S/C17H13NO3/c19-16-9-18-17(21-16)20-10-15-13-7-3-1-5-11(13)12-6-2-4-8-14(12)15/h1-8,15H,9-10H2. The summed E-state index contributed by atoms with van der Waals surface area (Å²) < 4.78 is 10.5. The Kier molecular flexibility index (Phi) is 2.74. The van der Waals surface area contributed by atoms with E-state index in [1.54, 1.807) is 0 Å². The van der Waals surface area contributed by atoms with Gasteiger partial charge >= 0.3 is 12.1 Å². The first-order valence-corrected chi connectivity index (χ1v) is 6.89. The molecule has 2 aromatic carbocycles. The lowest BCUT2D eigenvalue weighted by molar-refractivity contribution is -0.133. The Morgan fingerprint density at radius 2 is 1.67 bits per heavy atom. The van der Waals surface area contributed by atoms with Crippen LogP contribution in [0.15, 0.2) is 53.5 Å². The zero-order valence-corrected chi connectivity index (χ0v) is 11.3. The van der Waals surface area contributed by atoms with Crippen molar-refractivity contribution in [3.05, 3.63) is 59.7 Å². The van der Waals surface area contributed by atoms with E-state index in [0.717, 1.165) is 0 Å². The Morgan fingerprint density at radius 3 is 2.24 bits per heavy atom. The Labute approximate surface area is 122 Å².